The maximum absolute atomic E-state index is 13.5. The fraction of sp³-hybridized carbons (Fsp3) is 0.500. The molecule has 0 aromatic heterocycles. The Morgan fingerprint density at radius 1 is 1.37 bits per heavy atom. The number of hydrogen-bond donors (Lipinski definition) is 2. The van der Waals surface area contributed by atoms with Crippen LogP contribution in [0.5, 0.6) is 0 Å². The van der Waals surface area contributed by atoms with Crippen LogP contribution in [0.4, 0.5) is 8.78 Å². The molecule has 0 aliphatic rings. The summed E-state index contributed by atoms with van der Waals surface area (Å²) in [5, 5.41) is 2.67. The highest BCUT2D eigenvalue weighted by atomic mass is 19.1. The van der Waals surface area contributed by atoms with Crippen LogP contribution in [0.2, 0.25) is 0 Å². The van der Waals surface area contributed by atoms with Gasteiger partial charge in [-0.15, -0.1) is 0 Å². The topological polar surface area (TPSA) is 55.1 Å². The van der Waals surface area contributed by atoms with Crippen molar-refractivity contribution in [3.8, 4) is 0 Å². The van der Waals surface area contributed by atoms with E-state index in [0.717, 1.165) is 18.9 Å². The van der Waals surface area contributed by atoms with Gasteiger partial charge in [-0.05, 0) is 37.4 Å². The van der Waals surface area contributed by atoms with Gasteiger partial charge in [0.25, 0.3) is 5.91 Å². The molecule has 1 aromatic rings. The number of hydrogen-bond acceptors (Lipinski definition) is 2. The lowest BCUT2D eigenvalue weighted by molar-refractivity contribution is 0.0942. The third-order valence-electron chi connectivity index (χ3n) is 3.20. The van der Waals surface area contributed by atoms with Crippen LogP contribution in [-0.2, 0) is 0 Å². The Morgan fingerprint density at radius 2 is 2.05 bits per heavy atom. The Morgan fingerprint density at radius 3 is 2.63 bits per heavy atom. The summed E-state index contributed by atoms with van der Waals surface area (Å²) in [4.78, 5) is 11.8. The Balaban J connectivity index is 2.70. The van der Waals surface area contributed by atoms with E-state index in [4.69, 9.17) is 5.73 Å². The molecule has 0 bridgehead atoms. The summed E-state index contributed by atoms with van der Waals surface area (Å²) in [6.07, 6.45) is 1.70. The average molecular weight is 270 g/mol. The van der Waals surface area contributed by atoms with Crippen molar-refractivity contribution in [2.75, 3.05) is 13.1 Å². The van der Waals surface area contributed by atoms with Crippen LogP contribution in [0.15, 0.2) is 12.1 Å². The Hall–Kier alpha value is -1.49. The first-order valence-corrected chi connectivity index (χ1v) is 6.43. The molecule has 1 unspecified atom stereocenters. The molecule has 0 fully saturated rings. The fourth-order valence-corrected chi connectivity index (χ4v) is 1.85. The van der Waals surface area contributed by atoms with Gasteiger partial charge in [-0.3, -0.25) is 4.79 Å². The van der Waals surface area contributed by atoms with Crippen molar-refractivity contribution < 1.29 is 13.6 Å². The van der Waals surface area contributed by atoms with Crippen LogP contribution in [0.25, 0.3) is 0 Å². The molecule has 1 rings (SSSR count). The summed E-state index contributed by atoms with van der Waals surface area (Å²) in [6, 6.07) is 1.96. The van der Waals surface area contributed by atoms with E-state index in [1.165, 1.54) is 13.0 Å². The van der Waals surface area contributed by atoms with Crippen LogP contribution >= 0.6 is 0 Å². The minimum absolute atomic E-state index is 0.124. The van der Waals surface area contributed by atoms with Crippen molar-refractivity contribution in [2.24, 2.45) is 11.7 Å². The zero-order chi connectivity index (χ0) is 14.4. The molecule has 0 saturated heterocycles. The molecule has 0 aliphatic carbocycles. The standard InChI is InChI=1S/C14H20F2N2O/c1-3-10(4-5-17)8-18-14(19)11-6-9(2)12(15)7-13(11)16/h6-7,10H,3-5,8,17H2,1-2H3,(H,18,19). The predicted octanol–water partition coefficient (Wildman–Crippen LogP) is 2.38. The second kappa shape index (κ2) is 7.19. The summed E-state index contributed by atoms with van der Waals surface area (Å²) in [5.74, 6) is -1.73. The number of benzene rings is 1. The van der Waals surface area contributed by atoms with Crippen molar-refractivity contribution >= 4 is 5.91 Å². The van der Waals surface area contributed by atoms with Gasteiger partial charge in [-0.1, -0.05) is 13.3 Å². The SMILES string of the molecule is CCC(CCN)CNC(=O)c1cc(C)c(F)cc1F. The Kier molecular flexibility index (Phi) is 5.89. The molecule has 1 amide bonds. The van der Waals surface area contributed by atoms with E-state index >= 15 is 0 Å². The lowest BCUT2D eigenvalue weighted by atomic mass is 10.0. The molecule has 0 aliphatic heterocycles. The molecular formula is C14H20F2N2O. The normalized spacial score (nSPS) is 12.3. The first-order chi connectivity index (χ1) is 8.99. The molecule has 5 heteroatoms. The first kappa shape index (κ1) is 15.6. The summed E-state index contributed by atoms with van der Waals surface area (Å²) in [7, 11) is 0. The smallest absolute Gasteiger partial charge is 0.254 e. The van der Waals surface area contributed by atoms with Gasteiger partial charge < -0.3 is 11.1 Å². The van der Waals surface area contributed by atoms with Gasteiger partial charge in [0.1, 0.15) is 11.6 Å². The molecule has 0 heterocycles. The molecule has 19 heavy (non-hydrogen) atoms. The maximum atomic E-state index is 13.5. The van der Waals surface area contributed by atoms with Crippen molar-refractivity contribution in [3.63, 3.8) is 0 Å². The van der Waals surface area contributed by atoms with Gasteiger partial charge >= 0.3 is 0 Å². The second-order valence-electron chi connectivity index (χ2n) is 4.64. The van der Waals surface area contributed by atoms with E-state index in [0.29, 0.717) is 13.1 Å². The van der Waals surface area contributed by atoms with Gasteiger partial charge in [-0.25, -0.2) is 8.78 Å². The summed E-state index contributed by atoms with van der Waals surface area (Å²) >= 11 is 0. The fourth-order valence-electron chi connectivity index (χ4n) is 1.85. The summed E-state index contributed by atoms with van der Waals surface area (Å²) in [6.45, 7) is 4.50. The highest BCUT2D eigenvalue weighted by Gasteiger charge is 2.15. The largest absolute Gasteiger partial charge is 0.352 e. The Labute approximate surface area is 112 Å². The number of halogens is 2. The van der Waals surface area contributed by atoms with Crippen molar-refractivity contribution in [2.45, 2.75) is 26.7 Å². The highest BCUT2D eigenvalue weighted by Crippen LogP contribution is 2.14. The lowest BCUT2D eigenvalue weighted by Gasteiger charge is -2.15. The van der Waals surface area contributed by atoms with E-state index in [-0.39, 0.29) is 17.0 Å². The zero-order valence-electron chi connectivity index (χ0n) is 11.3. The van der Waals surface area contributed by atoms with Crippen LogP contribution in [-0.4, -0.2) is 19.0 Å². The van der Waals surface area contributed by atoms with Crippen molar-refractivity contribution in [3.05, 3.63) is 34.9 Å². The van der Waals surface area contributed by atoms with E-state index < -0.39 is 17.5 Å². The molecule has 3 nitrogen and oxygen atoms in total. The van der Waals surface area contributed by atoms with Gasteiger partial charge in [0.15, 0.2) is 0 Å². The maximum Gasteiger partial charge on any atom is 0.254 e. The van der Waals surface area contributed by atoms with Crippen molar-refractivity contribution in [1.82, 2.24) is 5.32 Å². The predicted molar refractivity (Wildman–Crippen MR) is 70.9 cm³/mol. The van der Waals surface area contributed by atoms with Gasteiger partial charge in [0.2, 0.25) is 0 Å². The summed E-state index contributed by atoms with van der Waals surface area (Å²) in [5.41, 5.74) is 5.60. The molecule has 0 saturated carbocycles. The number of rotatable bonds is 6. The molecule has 106 valence electrons. The summed E-state index contributed by atoms with van der Waals surface area (Å²) < 4.78 is 26.6. The molecular weight excluding hydrogens is 250 g/mol. The molecule has 3 N–H and O–H groups in total. The van der Waals surface area contributed by atoms with Crippen LogP contribution in [0, 0.1) is 24.5 Å². The van der Waals surface area contributed by atoms with Crippen LogP contribution in [0.3, 0.4) is 0 Å². The first-order valence-electron chi connectivity index (χ1n) is 6.43. The zero-order valence-corrected chi connectivity index (χ0v) is 11.3. The van der Waals surface area contributed by atoms with Crippen LogP contribution in [0.1, 0.15) is 35.7 Å². The van der Waals surface area contributed by atoms with Gasteiger partial charge in [-0.2, -0.15) is 0 Å². The van der Waals surface area contributed by atoms with E-state index in [9.17, 15) is 13.6 Å². The molecule has 1 aromatic carbocycles. The third-order valence-corrected chi connectivity index (χ3v) is 3.20. The van der Waals surface area contributed by atoms with Crippen LogP contribution < -0.4 is 11.1 Å². The molecule has 0 radical (unpaired) electrons. The number of nitrogens with one attached hydrogen (secondary N) is 1. The minimum atomic E-state index is -0.840. The monoisotopic (exact) mass is 270 g/mol. The highest BCUT2D eigenvalue weighted by molar-refractivity contribution is 5.94. The number of aryl methyl sites for hydroxylation is 1. The van der Waals surface area contributed by atoms with Gasteiger partial charge in [0.05, 0.1) is 5.56 Å². The number of nitrogens with two attached hydrogens (primary N) is 1. The number of carbonyl (C=O) groups excluding carboxylic acids is 1. The lowest BCUT2D eigenvalue weighted by Crippen LogP contribution is -2.30. The third kappa shape index (κ3) is 4.28. The van der Waals surface area contributed by atoms with E-state index in [2.05, 4.69) is 5.32 Å². The Bertz CT molecular complexity index is 449. The number of amides is 1. The van der Waals surface area contributed by atoms with Gasteiger partial charge in [0, 0.05) is 12.6 Å². The number of carbonyl (C=O) groups is 1. The minimum Gasteiger partial charge on any atom is -0.352 e. The molecule has 0 spiro atoms. The molecule has 1 atom stereocenters. The van der Waals surface area contributed by atoms with Crippen molar-refractivity contribution in [1.29, 1.82) is 0 Å². The van der Waals surface area contributed by atoms with E-state index in [1.54, 1.807) is 0 Å². The average Bonchev–Trinajstić information content (AvgIpc) is 2.38. The quantitative estimate of drug-likeness (QED) is 0.834. The van der Waals surface area contributed by atoms with E-state index in [1.807, 2.05) is 6.92 Å². The second-order valence-corrected chi connectivity index (χ2v) is 4.64.